The average Bonchev–Trinajstić information content (AvgIpc) is 3.01. The summed E-state index contributed by atoms with van der Waals surface area (Å²) in [6, 6.07) is 16.8. The van der Waals surface area contributed by atoms with E-state index in [2.05, 4.69) is 0 Å². The lowest BCUT2D eigenvalue weighted by Gasteiger charge is -2.29. The Balaban J connectivity index is 2.19. The van der Waals surface area contributed by atoms with Gasteiger partial charge in [-0.25, -0.2) is 4.79 Å². The molecule has 2 aromatic carbocycles. The van der Waals surface area contributed by atoms with Crippen molar-refractivity contribution in [3.63, 3.8) is 0 Å². The van der Waals surface area contributed by atoms with Crippen molar-refractivity contribution < 1.29 is 14.3 Å². The summed E-state index contributed by atoms with van der Waals surface area (Å²) in [6.45, 7) is 0.339. The van der Waals surface area contributed by atoms with Crippen molar-refractivity contribution in [2.45, 2.75) is 5.60 Å². The van der Waals surface area contributed by atoms with Crippen LogP contribution in [0.25, 0.3) is 5.57 Å². The minimum Gasteiger partial charge on any atom is -0.466 e. The van der Waals surface area contributed by atoms with Gasteiger partial charge >= 0.3 is 5.97 Å². The van der Waals surface area contributed by atoms with Crippen LogP contribution in [0.15, 0.2) is 60.7 Å². The highest BCUT2D eigenvalue weighted by molar-refractivity contribution is 6.30. The minimum absolute atomic E-state index is 0.339. The first-order valence-electron chi connectivity index (χ1n) is 6.93. The number of esters is 1. The van der Waals surface area contributed by atoms with Gasteiger partial charge in [0.15, 0.2) is 0 Å². The summed E-state index contributed by atoms with van der Waals surface area (Å²) in [6.07, 6.45) is 1.91. The molecule has 2 aromatic rings. The van der Waals surface area contributed by atoms with Crippen molar-refractivity contribution in [1.29, 1.82) is 0 Å². The lowest BCUT2D eigenvalue weighted by Crippen LogP contribution is -2.38. The van der Waals surface area contributed by atoms with E-state index in [1.807, 2.05) is 42.5 Å². The molecule has 112 valence electrons. The Morgan fingerprint density at radius 1 is 1.18 bits per heavy atom. The topological polar surface area (TPSA) is 35.5 Å². The molecule has 0 spiro atoms. The first-order valence-corrected chi connectivity index (χ1v) is 7.31. The van der Waals surface area contributed by atoms with Crippen molar-refractivity contribution in [1.82, 2.24) is 0 Å². The lowest BCUT2D eigenvalue weighted by molar-refractivity contribution is -0.160. The van der Waals surface area contributed by atoms with Crippen LogP contribution in [-0.4, -0.2) is 19.7 Å². The van der Waals surface area contributed by atoms with E-state index in [1.54, 1.807) is 18.2 Å². The van der Waals surface area contributed by atoms with Crippen LogP contribution in [0.3, 0.4) is 0 Å². The maximum atomic E-state index is 12.6. The zero-order valence-corrected chi connectivity index (χ0v) is 12.8. The van der Waals surface area contributed by atoms with Gasteiger partial charge in [0.05, 0.1) is 13.7 Å². The maximum Gasteiger partial charge on any atom is 0.347 e. The quantitative estimate of drug-likeness (QED) is 0.808. The number of hydrogen-bond donors (Lipinski definition) is 0. The summed E-state index contributed by atoms with van der Waals surface area (Å²) in [4.78, 5) is 12.6. The third kappa shape index (κ3) is 2.32. The van der Waals surface area contributed by atoms with Gasteiger partial charge in [-0.3, -0.25) is 0 Å². The monoisotopic (exact) mass is 314 g/mol. The molecular formula is C18H15ClO3. The molecule has 0 bridgehead atoms. The summed E-state index contributed by atoms with van der Waals surface area (Å²) in [5, 5.41) is 0.545. The minimum atomic E-state index is -1.28. The fourth-order valence-electron chi connectivity index (χ4n) is 2.79. The summed E-state index contributed by atoms with van der Waals surface area (Å²) in [5.41, 5.74) is 1.09. The molecule has 0 saturated carbocycles. The van der Waals surface area contributed by atoms with Crippen molar-refractivity contribution in [2.75, 3.05) is 13.7 Å². The second-order valence-electron chi connectivity index (χ2n) is 4.98. The van der Waals surface area contributed by atoms with Gasteiger partial charge in [0.2, 0.25) is 5.60 Å². The van der Waals surface area contributed by atoms with Crippen molar-refractivity contribution in [2.24, 2.45) is 0 Å². The highest BCUT2D eigenvalue weighted by Gasteiger charge is 2.49. The Labute approximate surface area is 134 Å². The van der Waals surface area contributed by atoms with Gasteiger partial charge < -0.3 is 9.47 Å². The van der Waals surface area contributed by atoms with E-state index in [4.69, 9.17) is 21.1 Å². The van der Waals surface area contributed by atoms with Gasteiger partial charge in [-0.05, 0) is 17.7 Å². The molecule has 0 aromatic heterocycles. The lowest BCUT2D eigenvalue weighted by atomic mass is 9.83. The second-order valence-corrected chi connectivity index (χ2v) is 5.41. The number of carbonyl (C=O) groups is 1. The number of rotatable bonds is 3. The van der Waals surface area contributed by atoms with Gasteiger partial charge in [0, 0.05) is 16.2 Å². The van der Waals surface area contributed by atoms with Crippen LogP contribution in [0.1, 0.15) is 11.1 Å². The van der Waals surface area contributed by atoms with Gasteiger partial charge in [-0.2, -0.15) is 0 Å². The van der Waals surface area contributed by atoms with Crippen molar-refractivity contribution >= 4 is 23.1 Å². The molecule has 0 fully saturated rings. The van der Waals surface area contributed by atoms with E-state index < -0.39 is 11.6 Å². The van der Waals surface area contributed by atoms with E-state index >= 15 is 0 Å². The van der Waals surface area contributed by atoms with Crippen LogP contribution in [0.5, 0.6) is 0 Å². The van der Waals surface area contributed by atoms with Crippen LogP contribution < -0.4 is 0 Å². The Morgan fingerprint density at radius 3 is 2.64 bits per heavy atom. The molecule has 22 heavy (non-hydrogen) atoms. The van der Waals surface area contributed by atoms with E-state index in [0.29, 0.717) is 17.2 Å². The van der Waals surface area contributed by atoms with Gasteiger partial charge in [-0.15, -0.1) is 0 Å². The van der Waals surface area contributed by atoms with Crippen molar-refractivity contribution in [3.8, 4) is 0 Å². The van der Waals surface area contributed by atoms with Crippen molar-refractivity contribution in [3.05, 3.63) is 76.8 Å². The maximum absolute atomic E-state index is 12.6. The van der Waals surface area contributed by atoms with E-state index in [0.717, 1.165) is 11.1 Å². The molecule has 1 aliphatic rings. The third-order valence-corrected chi connectivity index (χ3v) is 3.99. The molecule has 4 heteroatoms. The SMILES string of the molecule is COC(=O)C1(c2cccc(Cl)c2)OCC=C1c1ccccc1. The number of methoxy groups -OCH3 is 1. The standard InChI is InChI=1S/C18H15ClO3/c1-21-17(20)18(14-8-5-9-15(19)12-14)16(10-11-22-18)13-6-3-2-4-7-13/h2-10,12H,11H2,1H3. The summed E-state index contributed by atoms with van der Waals surface area (Å²) in [7, 11) is 1.36. The largest absolute Gasteiger partial charge is 0.466 e. The molecule has 1 heterocycles. The second kappa shape index (κ2) is 5.95. The molecule has 0 aliphatic carbocycles. The van der Waals surface area contributed by atoms with E-state index in [1.165, 1.54) is 7.11 Å². The summed E-state index contributed by atoms with van der Waals surface area (Å²) in [5.74, 6) is -0.456. The third-order valence-electron chi connectivity index (χ3n) is 3.76. The molecule has 1 atom stereocenters. The smallest absolute Gasteiger partial charge is 0.347 e. The molecule has 0 radical (unpaired) electrons. The molecule has 0 saturated heterocycles. The average molecular weight is 315 g/mol. The predicted molar refractivity (Wildman–Crippen MR) is 85.5 cm³/mol. The fraction of sp³-hybridized carbons (Fsp3) is 0.167. The summed E-state index contributed by atoms with van der Waals surface area (Å²) < 4.78 is 10.9. The Kier molecular flexibility index (Phi) is 4.01. The Bertz CT molecular complexity index is 724. The number of ether oxygens (including phenoxy) is 2. The normalized spacial score (nSPS) is 20.5. The number of carbonyl (C=O) groups excluding carboxylic acids is 1. The van der Waals surface area contributed by atoms with Crippen LogP contribution >= 0.6 is 11.6 Å². The molecule has 1 unspecified atom stereocenters. The zero-order valence-electron chi connectivity index (χ0n) is 12.1. The molecule has 0 amide bonds. The highest BCUT2D eigenvalue weighted by atomic mass is 35.5. The number of hydrogen-bond acceptors (Lipinski definition) is 3. The van der Waals surface area contributed by atoms with Crippen LogP contribution in [0, 0.1) is 0 Å². The number of halogens is 1. The van der Waals surface area contributed by atoms with Crippen LogP contribution in [0.4, 0.5) is 0 Å². The van der Waals surface area contributed by atoms with Gasteiger partial charge in [-0.1, -0.05) is 60.1 Å². The van der Waals surface area contributed by atoms with E-state index in [-0.39, 0.29) is 0 Å². The Hall–Kier alpha value is -2.10. The van der Waals surface area contributed by atoms with Crippen LogP contribution in [-0.2, 0) is 19.9 Å². The van der Waals surface area contributed by atoms with E-state index in [9.17, 15) is 4.79 Å². The fourth-order valence-corrected chi connectivity index (χ4v) is 2.98. The molecule has 3 rings (SSSR count). The molecule has 1 aliphatic heterocycles. The van der Waals surface area contributed by atoms with Crippen LogP contribution in [0.2, 0.25) is 5.02 Å². The number of benzene rings is 2. The Morgan fingerprint density at radius 2 is 1.95 bits per heavy atom. The zero-order chi connectivity index (χ0) is 15.6. The van der Waals surface area contributed by atoms with Gasteiger partial charge in [0.25, 0.3) is 0 Å². The van der Waals surface area contributed by atoms with Gasteiger partial charge in [0.1, 0.15) is 0 Å². The molecular weight excluding hydrogens is 300 g/mol. The molecule has 3 nitrogen and oxygen atoms in total. The molecule has 0 N–H and O–H groups in total. The summed E-state index contributed by atoms with van der Waals surface area (Å²) >= 11 is 6.10. The highest BCUT2D eigenvalue weighted by Crippen LogP contribution is 2.44. The first-order chi connectivity index (χ1) is 10.7. The predicted octanol–water partition coefficient (Wildman–Crippen LogP) is 3.82. The first kappa shape index (κ1) is 14.8.